The fraction of sp³-hybridized carbons (Fsp3) is 0.550. The van der Waals surface area contributed by atoms with Gasteiger partial charge in [-0.3, -0.25) is 4.79 Å². The van der Waals surface area contributed by atoms with Gasteiger partial charge in [0.25, 0.3) is 0 Å². The van der Waals surface area contributed by atoms with Crippen LogP contribution in [0.1, 0.15) is 44.9 Å². The summed E-state index contributed by atoms with van der Waals surface area (Å²) in [6.07, 6.45) is 2.97. The number of rotatable bonds is 5. The third kappa shape index (κ3) is 4.56. The van der Waals surface area contributed by atoms with Crippen molar-refractivity contribution >= 4 is 29.3 Å². The lowest BCUT2D eigenvalue weighted by Gasteiger charge is -2.30. The third-order valence-corrected chi connectivity index (χ3v) is 5.52. The molecule has 1 aliphatic heterocycles. The molecule has 1 N–H and O–H groups in total. The van der Waals surface area contributed by atoms with Crippen LogP contribution >= 0.6 is 12.4 Å². The Morgan fingerprint density at radius 3 is 2.64 bits per heavy atom. The van der Waals surface area contributed by atoms with E-state index in [1.165, 1.54) is 12.8 Å². The fourth-order valence-corrected chi connectivity index (χ4v) is 3.61. The molecule has 0 bridgehead atoms. The van der Waals surface area contributed by atoms with Crippen molar-refractivity contribution in [2.24, 2.45) is 11.8 Å². The number of benzene rings is 1. The van der Waals surface area contributed by atoms with Gasteiger partial charge in [0.2, 0.25) is 5.91 Å². The van der Waals surface area contributed by atoms with Crippen molar-refractivity contribution in [3.05, 3.63) is 36.1 Å². The predicted molar refractivity (Wildman–Crippen MR) is 104 cm³/mol. The highest BCUT2D eigenvalue weighted by molar-refractivity contribution is 5.85. The number of nitrogens with zero attached hydrogens (tertiary/aromatic N) is 1. The Bertz CT molecular complexity index is 661. The van der Waals surface area contributed by atoms with E-state index in [-0.39, 0.29) is 24.4 Å². The van der Waals surface area contributed by atoms with E-state index < -0.39 is 0 Å². The second-order valence-electron chi connectivity index (χ2n) is 7.14. The molecule has 2 aromatic rings. The van der Waals surface area contributed by atoms with Crippen LogP contribution in [-0.4, -0.2) is 30.9 Å². The number of fused-ring (bicyclic) bond motifs is 1. The van der Waals surface area contributed by atoms with E-state index in [2.05, 4.69) is 12.2 Å². The number of amides is 1. The maximum Gasteiger partial charge on any atom is 0.223 e. The monoisotopic (exact) mass is 364 g/mol. The smallest absolute Gasteiger partial charge is 0.223 e. The topological polar surface area (TPSA) is 45.5 Å². The third-order valence-electron chi connectivity index (χ3n) is 5.52. The summed E-state index contributed by atoms with van der Waals surface area (Å²) in [4.78, 5) is 14.5. The number of hydrogen-bond acceptors (Lipinski definition) is 3. The fourth-order valence-electron chi connectivity index (χ4n) is 3.61. The van der Waals surface area contributed by atoms with E-state index in [9.17, 15) is 4.79 Å². The summed E-state index contributed by atoms with van der Waals surface area (Å²) in [5.41, 5.74) is 0.878. The van der Waals surface area contributed by atoms with Gasteiger partial charge in [-0.15, -0.1) is 12.4 Å². The van der Waals surface area contributed by atoms with Gasteiger partial charge < -0.3 is 14.6 Å². The molecule has 1 saturated heterocycles. The van der Waals surface area contributed by atoms with Crippen molar-refractivity contribution in [3.8, 4) is 0 Å². The van der Waals surface area contributed by atoms with Gasteiger partial charge in [-0.2, -0.15) is 0 Å². The number of hydrogen-bond donors (Lipinski definition) is 1. The standard InChI is InChI=1S/C20H28N2O2.ClH/c1-14(16-8-10-21-11-9-16)12-20(23)22(3)15(2)19-13-17-6-4-5-7-18(17)24-19;/h4-7,13-16,21H,8-12H2,1-3H3;1H. The van der Waals surface area contributed by atoms with Crippen LogP contribution in [0.3, 0.4) is 0 Å². The number of carbonyl (C=O) groups excluding carboxylic acids is 1. The molecule has 1 aromatic carbocycles. The van der Waals surface area contributed by atoms with Gasteiger partial charge >= 0.3 is 0 Å². The first kappa shape index (κ1) is 19.8. The zero-order valence-electron chi connectivity index (χ0n) is 15.3. The van der Waals surface area contributed by atoms with Crippen LogP contribution in [0.2, 0.25) is 0 Å². The quantitative estimate of drug-likeness (QED) is 0.855. The number of halogens is 1. The summed E-state index contributed by atoms with van der Waals surface area (Å²) >= 11 is 0. The van der Waals surface area contributed by atoms with Gasteiger partial charge in [0.05, 0.1) is 6.04 Å². The number of carbonyl (C=O) groups is 1. The van der Waals surface area contributed by atoms with Crippen LogP contribution in [0.15, 0.2) is 34.7 Å². The molecule has 25 heavy (non-hydrogen) atoms. The second-order valence-corrected chi connectivity index (χ2v) is 7.14. The molecular weight excluding hydrogens is 336 g/mol. The van der Waals surface area contributed by atoms with Crippen LogP contribution in [0, 0.1) is 11.8 Å². The van der Waals surface area contributed by atoms with E-state index in [0.717, 1.165) is 29.8 Å². The van der Waals surface area contributed by atoms with Gasteiger partial charge in [0.15, 0.2) is 0 Å². The summed E-state index contributed by atoms with van der Waals surface area (Å²) in [7, 11) is 1.88. The Morgan fingerprint density at radius 1 is 1.28 bits per heavy atom. The summed E-state index contributed by atoms with van der Waals surface area (Å²) in [5.74, 6) is 2.14. The minimum Gasteiger partial charge on any atom is -0.459 e. The minimum absolute atomic E-state index is 0. The van der Waals surface area contributed by atoms with Crippen molar-refractivity contribution in [2.75, 3.05) is 20.1 Å². The van der Waals surface area contributed by atoms with Crippen molar-refractivity contribution in [1.29, 1.82) is 0 Å². The molecule has 3 rings (SSSR count). The molecule has 4 nitrogen and oxygen atoms in total. The van der Waals surface area contributed by atoms with Gasteiger partial charge in [-0.1, -0.05) is 25.1 Å². The number of nitrogens with one attached hydrogen (secondary N) is 1. The number of para-hydroxylation sites is 1. The maximum atomic E-state index is 12.7. The largest absolute Gasteiger partial charge is 0.459 e. The lowest BCUT2D eigenvalue weighted by molar-refractivity contribution is -0.133. The predicted octanol–water partition coefficient (Wildman–Crippen LogP) is 4.40. The Morgan fingerprint density at radius 2 is 1.96 bits per heavy atom. The van der Waals surface area contributed by atoms with Crippen molar-refractivity contribution in [3.63, 3.8) is 0 Å². The molecule has 1 fully saturated rings. The molecule has 5 heteroatoms. The average Bonchev–Trinajstić information content (AvgIpc) is 3.05. The molecule has 1 amide bonds. The van der Waals surface area contributed by atoms with Crippen LogP contribution in [0.4, 0.5) is 0 Å². The Hall–Kier alpha value is -1.52. The van der Waals surface area contributed by atoms with Crippen molar-refractivity contribution in [1.82, 2.24) is 10.2 Å². The van der Waals surface area contributed by atoms with Crippen molar-refractivity contribution < 1.29 is 9.21 Å². The molecule has 2 heterocycles. The first-order valence-electron chi connectivity index (χ1n) is 9.01. The Balaban J connectivity index is 0.00000225. The normalized spacial score (nSPS) is 17.7. The van der Waals surface area contributed by atoms with Crippen LogP contribution in [-0.2, 0) is 4.79 Å². The molecule has 1 aromatic heterocycles. The highest BCUT2D eigenvalue weighted by Crippen LogP contribution is 2.29. The highest BCUT2D eigenvalue weighted by Gasteiger charge is 2.26. The molecular formula is C20H29ClN2O2. The molecule has 0 aliphatic carbocycles. The average molecular weight is 365 g/mol. The lowest BCUT2D eigenvalue weighted by Crippen LogP contribution is -2.35. The van der Waals surface area contributed by atoms with Crippen molar-refractivity contribution in [2.45, 2.75) is 39.2 Å². The summed E-state index contributed by atoms with van der Waals surface area (Å²) in [6, 6.07) is 9.96. The molecule has 2 atom stereocenters. The lowest BCUT2D eigenvalue weighted by atomic mass is 9.84. The first-order valence-corrected chi connectivity index (χ1v) is 9.01. The molecule has 2 unspecified atom stereocenters. The Labute approximate surface area is 156 Å². The van der Waals surface area contributed by atoms with Crippen LogP contribution in [0.5, 0.6) is 0 Å². The molecule has 0 radical (unpaired) electrons. The maximum absolute atomic E-state index is 12.7. The SMILES string of the molecule is CC(CC(=O)N(C)C(C)c1cc2ccccc2o1)C1CCNCC1.Cl. The zero-order chi connectivity index (χ0) is 17.1. The van der Waals surface area contributed by atoms with E-state index in [0.29, 0.717) is 18.3 Å². The second kappa shape index (κ2) is 8.72. The number of furan rings is 1. The summed E-state index contributed by atoms with van der Waals surface area (Å²) in [6.45, 7) is 6.40. The first-order chi connectivity index (χ1) is 11.6. The van der Waals surface area contributed by atoms with Gasteiger partial charge in [-0.05, 0) is 56.8 Å². The summed E-state index contributed by atoms with van der Waals surface area (Å²) in [5, 5.41) is 4.48. The van der Waals surface area contributed by atoms with Crippen LogP contribution in [0.25, 0.3) is 11.0 Å². The Kier molecular flexibility index (Phi) is 6.91. The molecule has 138 valence electrons. The number of piperidine rings is 1. The van der Waals surface area contributed by atoms with E-state index in [1.54, 1.807) is 0 Å². The van der Waals surface area contributed by atoms with E-state index in [4.69, 9.17) is 4.42 Å². The van der Waals surface area contributed by atoms with Gasteiger partial charge in [0.1, 0.15) is 11.3 Å². The summed E-state index contributed by atoms with van der Waals surface area (Å²) < 4.78 is 5.92. The molecule has 0 spiro atoms. The van der Waals surface area contributed by atoms with E-state index in [1.807, 2.05) is 49.2 Å². The molecule has 1 aliphatic rings. The minimum atomic E-state index is -0.0508. The molecule has 0 saturated carbocycles. The zero-order valence-corrected chi connectivity index (χ0v) is 16.1. The van der Waals surface area contributed by atoms with E-state index >= 15 is 0 Å². The van der Waals surface area contributed by atoms with Crippen LogP contribution < -0.4 is 5.32 Å². The van der Waals surface area contributed by atoms with Gasteiger partial charge in [0, 0.05) is 18.9 Å². The highest BCUT2D eigenvalue weighted by atomic mass is 35.5. The van der Waals surface area contributed by atoms with Gasteiger partial charge in [-0.25, -0.2) is 0 Å².